The Hall–Kier alpha value is -1.59. The van der Waals surface area contributed by atoms with E-state index in [2.05, 4.69) is 4.98 Å². The highest BCUT2D eigenvalue weighted by Gasteiger charge is 2.13. The summed E-state index contributed by atoms with van der Waals surface area (Å²) in [5.74, 6) is 0.814. The molecular formula is C13H12ClNO3S. The summed E-state index contributed by atoms with van der Waals surface area (Å²) < 4.78 is 10.8. The predicted octanol–water partition coefficient (Wildman–Crippen LogP) is 3.51. The van der Waals surface area contributed by atoms with Crippen LogP contribution in [0.25, 0.3) is 0 Å². The quantitative estimate of drug-likeness (QED) is 0.793. The number of halogens is 1. The van der Waals surface area contributed by atoms with E-state index in [-0.39, 0.29) is 6.61 Å². The maximum Gasteiger partial charge on any atom is 0.172 e. The van der Waals surface area contributed by atoms with Crippen LogP contribution in [0.2, 0.25) is 5.02 Å². The molecule has 0 bridgehead atoms. The summed E-state index contributed by atoms with van der Waals surface area (Å²) in [6.45, 7) is 2.21. The first-order valence-corrected chi connectivity index (χ1v) is 6.76. The highest BCUT2D eigenvalue weighted by molar-refractivity contribution is 7.09. The number of aldehydes is 1. The number of hydrogen-bond acceptors (Lipinski definition) is 5. The summed E-state index contributed by atoms with van der Waals surface area (Å²) in [5.41, 5.74) is 1.17. The van der Waals surface area contributed by atoms with E-state index in [0.717, 1.165) is 10.7 Å². The molecule has 1 aromatic carbocycles. The largest absolute Gasteiger partial charge is 0.493 e. The molecule has 0 aliphatic carbocycles. The lowest BCUT2D eigenvalue weighted by Gasteiger charge is -2.12. The third-order valence-corrected chi connectivity index (χ3v) is 3.47. The van der Waals surface area contributed by atoms with Crippen LogP contribution in [0.5, 0.6) is 11.5 Å². The van der Waals surface area contributed by atoms with E-state index in [0.29, 0.717) is 28.4 Å². The normalized spacial score (nSPS) is 10.3. The zero-order valence-corrected chi connectivity index (χ0v) is 12.0. The van der Waals surface area contributed by atoms with Crippen molar-refractivity contribution in [2.75, 3.05) is 7.11 Å². The molecule has 6 heteroatoms. The Balaban J connectivity index is 2.25. The standard InChI is InChI=1S/C13H12ClNO3S/c1-8-15-11(7-19-8)6-18-13-9(5-16)3-10(14)4-12(13)17-2/h3-5,7H,6H2,1-2H3. The monoisotopic (exact) mass is 297 g/mol. The van der Waals surface area contributed by atoms with Crippen molar-refractivity contribution in [2.24, 2.45) is 0 Å². The number of carbonyl (C=O) groups is 1. The van der Waals surface area contributed by atoms with E-state index in [4.69, 9.17) is 21.1 Å². The summed E-state index contributed by atoms with van der Waals surface area (Å²) in [6.07, 6.45) is 0.691. The van der Waals surface area contributed by atoms with Gasteiger partial charge in [0.05, 0.1) is 23.4 Å². The van der Waals surface area contributed by atoms with Crippen LogP contribution in [-0.2, 0) is 6.61 Å². The summed E-state index contributed by atoms with van der Waals surface area (Å²) in [4.78, 5) is 15.3. The van der Waals surface area contributed by atoms with Gasteiger partial charge in [0.2, 0.25) is 0 Å². The number of nitrogens with zero attached hydrogens (tertiary/aromatic N) is 1. The third kappa shape index (κ3) is 3.24. The summed E-state index contributed by atoms with van der Waals surface area (Å²) >= 11 is 7.44. The van der Waals surface area contributed by atoms with E-state index in [1.807, 2.05) is 12.3 Å². The average molecular weight is 298 g/mol. The Morgan fingerprint density at radius 2 is 2.26 bits per heavy atom. The van der Waals surface area contributed by atoms with Crippen molar-refractivity contribution in [3.8, 4) is 11.5 Å². The van der Waals surface area contributed by atoms with Gasteiger partial charge in [-0.05, 0) is 13.0 Å². The lowest BCUT2D eigenvalue weighted by Crippen LogP contribution is -2.01. The second-order valence-electron chi connectivity index (χ2n) is 3.79. The highest BCUT2D eigenvalue weighted by Crippen LogP contribution is 2.34. The zero-order chi connectivity index (χ0) is 13.8. The SMILES string of the molecule is COc1cc(Cl)cc(C=O)c1OCc1csc(C)n1. The van der Waals surface area contributed by atoms with Crippen molar-refractivity contribution in [1.29, 1.82) is 0 Å². The highest BCUT2D eigenvalue weighted by atomic mass is 35.5. The van der Waals surface area contributed by atoms with Crippen LogP contribution in [0.3, 0.4) is 0 Å². The number of carbonyl (C=O) groups excluding carboxylic acids is 1. The third-order valence-electron chi connectivity index (χ3n) is 2.43. The number of hydrogen-bond donors (Lipinski definition) is 0. The van der Waals surface area contributed by atoms with Crippen molar-refractivity contribution in [3.63, 3.8) is 0 Å². The van der Waals surface area contributed by atoms with Crippen molar-refractivity contribution in [3.05, 3.63) is 38.8 Å². The minimum absolute atomic E-state index is 0.281. The van der Waals surface area contributed by atoms with Gasteiger partial charge in [-0.3, -0.25) is 4.79 Å². The number of thiazole rings is 1. The Morgan fingerprint density at radius 3 is 2.84 bits per heavy atom. The second kappa shape index (κ2) is 6.04. The van der Waals surface area contributed by atoms with Crippen LogP contribution in [0.15, 0.2) is 17.5 Å². The molecule has 0 unspecified atom stereocenters. The van der Waals surface area contributed by atoms with E-state index in [1.54, 1.807) is 23.5 Å². The second-order valence-corrected chi connectivity index (χ2v) is 5.29. The molecule has 0 aliphatic rings. The summed E-state index contributed by atoms with van der Waals surface area (Å²) in [5, 5.41) is 3.31. The maximum absolute atomic E-state index is 11.1. The van der Waals surface area contributed by atoms with Gasteiger partial charge < -0.3 is 9.47 Å². The van der Waals surface area contributed by atoms with Crippen molar-refractivity contribution >= 4 is 29.2 Å². The van der Waals surface area contributed by atoms with Gasteiger partial charge in [-0.1, -0.05) is 11.6 Å². The maximum atomic E-state index is 11.1. The predicted molar refractivity (Wildman–Crippen MR) is 74.6 cm³/mol. The van der Waals surface area contributed by atoms with Crippen molar-refractivity contribution in [2.45, 2.75) is 13.5 Å². The first-order chi connectivity index (χ1) is 9.13. The molecule has 0 saturated heterocycles. The number of aryl methyl sites for hydroxylation is 1. The molecule has 1 heterocycles. The number of rotatable bonds is 5. The number of aromatic nitrogens is 1. The summed E-state index contributed by atoms with van der Waals surface area (Å²) in [7, 11) is 1.50. The molecule has 0 amide bonds. The minimum atomic E-state index is 0.281. The molecule has 2 rings (SSSR count). The first kappa shape index (κ1) is 13.8. The minimum Gasteiger partial charge on any atom is -0.493 e. The van der Waals surface area contributed by atoms with Gasteiger partial charge in [-0.15, -0.1) is 11.3 Å². The molecule has 0 saturated carbocycles. The topological polar surface area (TPSA) is 48.4 Å². The number of ether oxygens (including phenoxy) is 2. The van der Waals surface area contributed by atoms with Gasteiger partial charge in [0.1, 0.15) is 6.61 Å². The van der Waals surface area contributed by atoms with Gasteiger partial charge in [0.15, 0.2) is 17.8 Å². The molecule has 19 heavy (non-hydrogen) atoms. The Labute approximate surface area is 120 Å². The van der Waals surface area contributed by atoms with Crippen LogP contribution >= 0.6 is 22.9 Å². The van der Waals surface area contributed by atoms with Gasteiger partial charge in [0, 0.05) is 16.5 Å². The van der Waals surface area contributed by atoms with Crippen molar-refractivity contribution in [1.82, 2.24) is 4.98 Å². The molecule has 2 aromatic rings. The fraction of sp³-hybridized carbons (Fsp3) is 0.231. The Morgan fingerprint density at radius 1 is 1.47 bits per heavy atom. The Kier molecular flexibility index (Phi) is 4.39. The smallest absolute Gasteiger partial charge is 0.172 e. The van der Waals surface area contributed by atoms with Gasteiger partial charge in [0.25, 0.3) is 0 Å². The molecule has 100 valence electrons. The average Bonchev–Trinajstić information content (AvgIpc) is 2.81. The molecule has 0 spiro atoms. The van der Waals surface area contributed by atoms with E-state index >= 15 is 0 Å². The number of methoxy groups -OCH3 is 1. The van der Waals surface area contributed by atoms with Crippen LogP contribution < -0.4 is 9.47 Å². The molecule has 4 nitrogen and oxygen atoms in total. The fourth-order valence-electron chi connectivity index (χ4n) is 1.60. The molecule has 0 fully saturated rings. The van der Waals surface area contributed by atoms with E-state index < -0.39 is 0 Å². The van der Waals surface area contributed by atoms with Crippen molar-refractivity contribution < 1.29 is 14.3 Å². The lowest BCUT2D eigenvalue weighted by molar-refractivity contribution is 0.111. The molecule has 0 atom stereocenters. The Bertz CT molecular complexity index is 598. The van der Waals surface area contributed by atoms with Crippen LogP contribution in [0.1, 0.15) is 21.1 Å². The van der Waals surface area contributed by atoms with Crippen LogP contribution in [0.4, 0.5) is 0 Å². The molecular weight excluding hydrogens is 286 g/mol. The van der Waals surface area contributed by atoms with Gasteiger partial charge >= 0.3 is 0 Å². The molecule has 0 N–H and O–H groups in total. The molecule has 0 aliphatic heterocycles. The van der Waals surface area contributed by atoms with E-state index in [9.17, 15) is 4.79 Å². The lowest BCUT2D eigenvalue weighted by atomic mass is 10.2. The fourth-order valence-corrected chi connectivity index (χ4v) is 2.42. The van der Waals surface area contributed by atoms with E-state index in [1.165, 1.54) is 7.11 Å². The zero-order valence-electron chi connectivity index (χ0n) is 10.5. The van der Waals surface area contributed by atoms with Crippen LogP contribution in [0, 0.1) is 6.92 Å². The molecule has 0 radical (unpaired) electrons. The van der Waals surface area contributed by atoms with Gasteiger partial charge in [-0.25, -0.2) is 4.98 Å². The molecule has 1 aromatic heterocycles. The van der Waals surface area contributed by atoms with Gasteiger partial charge in [-0.2, -0.15) is 0 Å². The first-order valence-electron chi connectivity index (χ1n) is 5.50. The summed E-state index contributed by atoms with van der Waals surface area (Å²) in [6, 6.07) is 3.15. The number of benzene rings is 1. The van der Waals surface area contributed by atoms with Crippen LogP contribution in [-0.4, -0.2) is 18.4 Å².